The summed E-state index contributed by atoms with van der Waals surface area (Å²) in [6, 6.07) is 0. The Kier molecular flexibility index (Phi) is 2.95. The molecule has 0 aromatic rings. The summed E-state index contributed by atoms with van der Waals surface area (Å²) in [5.41, 5.74) is -0.928. The maximum Gasteiger partial charge on any atom is 0.141 e. The van der Waals surface area contributed by atoms with Gasteiger partial charge in [-0.15, -0.1) is 11.6 Å². The van der Waals surface area contributed by atoms with Crippen molar-refractivity contribution in [2.24, 2.45) is 16.7 Å². The number of hydrogen-bond donors (Lipinski definition) is 0. The number of halogens is 1. The highest BCUT2D eigenvalue weighted by Gasteiger charge is 2.58. The normalized spacial score (nSPS) is 49.5. The van der Waals surface area contributed by atoms with Crippen molar-refractivity contribution in [3.8, 4) is 0 Å². The Bertz CT molecular complexity index is 378. The van der Waals surface area contributed by atoms with Crippen molar-refractivity contribution in [3.63, 3.8) is 0 Å². The second-order valence-corrected chi connectivity index (χ2v) is 6.44. The third-order valence-electron chi connectivity index (χ3n) is 5.21. The van der Waals surface area contributed by atoms with Crippen LogP contribution in [0.5, 0.6) is 0 Å². The highest BCUT2D eigenvalue weighted by molar-refractivity contribution is 6.20. The standard InChI is InChI=1S/C14H21ClO2/c1-12-6-5-10(14(3,8-12)17-4)7-11(16)13(12,2)9-15/h5-6,10H,7-9H2,1-4H3/t10-,12-,13-,14+/m1/s1. The van der Waals surface area contributed by atoms with Crippen LogP contribution in [0, 0.1) is 16.7 Å². The summed E-state index contributed by atoms with van der Waals surface area (Å²) in [5, 5.41) is 0. The molecule has 3 aliphatic rings. The van der Waals surface area contributed by atoms with Gasteiger partial charge in [-0.25, -0.2) is 0 Å². The predicted molar refractivity (Wildman–Crippen MR) is 69.2 cm³/mol. The van der Waals surface area contributed by atoms with E-state index in [9.17, 15) is 4.79 Å². The Morgan fingerprint density at radius 1 is 1.47 bits per heavy atom. The molecule has 4 atom stereocenters. The molecule has 1 saturated carbocycles. The average Bonchev–Trinajstić information content (AvgIpc) is 2.43. The Balaban J connectivity index is 2.54. The first kappa shape index (κ1) is 13.1. The van der Waals surface area contributed by atoms with Crippen LogP contribution in [0.2, 0.25) is 0 Å². The van der Waals surface area contributed by atoms with E-state index in [0.29, 0.717) is 12.3 Å². The quantitative estimate of drug-likeness (QED) is 0.560. The van der Waals surface area contributed by atoms with Crippen molar-refractivity contribution in [1.29, 1.82) is 0 Å². The van der Waals surface area contributed by atoms with Crippen LogP contribution in [0.1, 0.15) is 33.6 Å². The largest absolute Gasteiger partial charge is 0.378 e. The molecular weight excluding hydrogens is 236 g/mol. The molecule has 0 saturated heterocycles. The maximum atomic E-state index is 12.5. The summed E-state index contributed by atoms with van der Waals surface area (Å²) in [5.74, 6) is 0.822. The van der Waals surface area contributed by atoms with Gasteiger partial charge < -0.3 is 4.74 Å². The summed E-state index contributed by atoms with van der Waals surface area (Å²) in [7, 11) is 1.74. The fraction of sp³-hybridized carbons (Fsp3) is 0.786. The zero-order valence-electron chi connectivity index (χ0n) is 11.0. The lowest BCUT2D eigenvalue weighted by Gasteiger charge is -2.47. The van der Waals surface area contributed by atoms with Gasteiger partial charge in [0.1, 0.15) is 5.78 Å². The van der Waals surface area contributed by atoms with E-state index in [4.69, 9.17) is 16.3 Å². The number of fused-ring (bicyclic) bond motifs is 3. The van der Waals surface area contributed by atoms with Gasteiger partial charge in [-0.3, -0.25) is 4.79 Å². The van der Waals surface area contributed by atoms with Crippen LogP contribution >= 0.6 is 11.6 Å². The minimum atomic E-state index is -0.476. The van der Waals surface area contributed by atoms with E-state index in [2.05, 4.69) is 26.0 Å². The van der Waals surface area contributed by atoms with Crippen LogP contribution in [-0.4, -0.2) is 24.4 Å². The number of ketones is 1. The Hall–Kier alpha value is -0.340. The molecule has 17 heavy (non-hydrogen) atoms. The van der Waals surface area contributed by atoms with Crippen LogP contribution in [0.25, 0.3) is 0 Å². The molecule has 1 fully saturated rings. The zero-order valence-corrected chi connectivity index (χ0v) is 11.8. The fourth-order valence-corrected chi connectivity index (χ4v) is 3.76. The van der Waals surface area contributed by atoms with E-state index in [1.807, 2.05) is 6.92 Å². The topological polar surface area (TPSA) is 26.3 Å². The summed E-state index contributed by atoms with van der Waals surface area (Å²) in [4.78, 5) is 12.5. The van der Waals surface area contributed by atoms with Gasteiger partial charge in [-0.2, -0.15) is 0 Å². The van der Waals surface area contributed by atoms with Gasteiger partial charge in [0.25, 0.3) is 0 Å². The summed E-state index contributed by atoms with van der Waals surface area (Å²) >= 11 is 6.11. The number of alkyl halides is 1. The second kappa shape index (κ2) is 3.83. The number of rotatable bonds is 2. The molecule has 0 unspecified atom stereocenters. The number of carbonyl (C=O) groups is 1. The minimum absolute atomic E-state index is 0.179. The molecule has 3 rings (SSSR count). The van der Waals surface area contributed by atoms with E-state index in [-0.39, 0.29) is 22.7 Å². The lowest BCUT2D eigenvalue weighted by molar-refractivity contribution is -0.130. The summed E-state index contributed by atoms with van der Waals surface area (Å²) in [6.45, 7) is 6.23. The minimum Gasteiger partial charge on any atom is -0.378 e. The molecule has 0 heterocycles. The molecule has 0 amide bonds. The fourth-order valence-electron chi connectivity index (χ4n) is 3.31. The van der Waals surface area contributed by atoms with Crippen molar-refractivity contribution in [2.75, 3.05) is 13.0 Å². The molecule has 0 spiro atoms. The number of methoxy groups -OCH3 is 1. The maximum absolute atomic E-state index is 12.5. The lowest BCUT2D eigenvalue weighted by atomic mass is 9.60. The smallest absolute Gasteiger partial charge is 0.141 e. The Morgan fingerprint density at radius 3 is 2.65 bits per heavy atom. The lowest BCUT2D eigenvalue weighted by Crippen LogP contribution is -2.47. The molecule has 0 aromatic carbocycles. The molecule has 96 valence electrons. The summed E-state index contributed by atoms with van der Waals surface area (Å²) < 4.78 is 5.70. The highest BCUT2D eigenvalue weighted by Crippen LogP contribution is 2.57. The first-order valence-electron chi connectivity index (χ1n) is 6.15. The zero-order chi connectivity index (χ0) is 12.9. The van der Waals surface area contributed by atoms with Crippen LogP contribution < -0.4 is 0 Å². The third kappa shape index (κ3) is 1.61. The highest BCUT2D eigenvalue weighted by atomic mass is 35.5. The predicted octanol–water partition coefficient (Wildman–Crippen LogP) is 3.19. The van der Waals surface area contributed by atoms with Gasteiger partial charge in [-0.1, -0.05) is 26.0 Å². The average molecular weight is 257 g/mol. The molecule has 0 aliphatic heterocycles. The van der Waals surface area contributed by atoms with E-state index < -0.39 is 5.41 Å². The number of allylic oxidation sites excluding steroid dienone is 1. The Labute approximate surface area is 108 Å². The van der Waals surface area contributed by atoms with Crippen molar-refractivity contribution in [3.05, 3.63) is 12.2 Å². The van der Waals surface area contributed by atoms with Crippen molar-refractivity contribution in [1.82, 2.24) is 0 Å². The first-order valence-corrected chi connectivity index (χ1v) is 6.68. The molecule has 3 aliphatic carbocycles. The molecule has 2 bridgehead atoms. The molecule has 2 nitrogen and oxygen atoms in total. The van der Waals surface area contributed by atoms with Crippen LogP contribution in [0.15, 0.2) is 12.2 Å². The van der Waals surface area contributed by atoms with Gasteiger partial charge in [0.05, 0.1) is 5.60 Å². The van der Waals surface area contributed by atoms with Crippen LogP contribution in [-0.2, 0) is 9.53 Å². The Morgan fingerprint density at radius 2 is 2.12 bits per heavy atom. The van der Waals surface area contributed by atoms with E-state index in [0.717, 1.165) is 6.42 Å². The number of carbonyl (C=O) groups excluding carboxylic acids is 1. The number of ether oxygens (including phenoxy) is 1. The third-order valence-corrected chi connectivity index (χ3v) is 5.75. The van der Waals surface area contributed by atoms with Crippen molar-refractivity contribution in [2.45, 2.75) is 39.2 Å². The van der Waals surface area contributed by atoms with E-state index >= 15 is 0 Å². The molecular formula is C14H21ClO2. The van der Waals surface area contributed by atoms with Crippen LogP contribution in [0.4, 0.5) is 0 Å². The number of Topliss-reactive ketones (excluding diaryl/α,β-unsaturated/α-hetero) is 1. The van der Waals surface area contributed by atoms with Crippen molar-refractivity contribution >= 4 is 17.4 Å². The summed E-state index contributed by atoms with van der Waals surface area (Å²) in [6.07, 6.45) is 5.74. The van der Waals surface area contributed by atoms with Gasteiger partial charge in [0, 0.05) is 36.2 Å². The van der Waals surface area contributed by atoms with Gasteiger partial charge in [0.15, 0.2) is 0 Å². The van der Waals surface area contributed by atoms with Gasteiger partial charge in [-0.05, 0) is 13.3 Å². The molecule has 0 radical (unpaired) electrons. The molecule has 3 heteroatoms. The first-order chi connectivity index (χ1) is 7.81. The van der Waals surface area contributed by atoms with Gasteiger partial charge >= 0.3 is 0 Å². The SMILES string of the molecule is CO[C@@]1(C)C[C@@]2(C)C=C[C@@H]1CC(=O)[C@@]2(C)CCl. The van der Waals surface area contributed by atoms with Gasteiger partial charge in [0.2, 0.25) is 0 Å². The van der Waals surface area contributed by atoms with Crippen molar-refractivity contribution < 1.29 is 9.53 Å². The second-order valence-electron chi connectivity index (χ2n) is 6.17. The number of hydrogen-bond acceptors (Lipinski definition) is 2. The monoisotopic (exact) mass is 256 g/mol. The molecule has 0 N–H and O–H groups in total. The van der Waals surface area contributed by atoms with Crippen LogP contribution in [0.3, 0.4) is 0 Å². The molecule has 0 aromatic heterocycles. The van der Waals surface area contributed by atoms with E-state index in [1.54, 1.807) is 7.11 Å². The van der Waals surface area contributed by atoms with E-state index in [1.165, 1.54) is 0 Å².